The van der Waals surface area contributed by atoms with Crippen LogP contribution in [0.25, 0.3) is 0 Å². The number of piperidine rings is 1. The number of Topliss-reactive ketones (excluding diaryl/α,β-unsaturated/α-hetero) is 1. The molecule has 1 aromatic carbocycles. The number of aliphatic hydroxyl groups is 2. The van der Waals surface area contributed by atoms with Crippen molar-refractivity contribution in [3.8, 4) is 6.07 Å². The number of aliphatic hydroxyl groups excluding tert-OH is 1. The third-order valence-corrected chi connectivity index (χ3v) is 9.28. The van der Waals surface area contributed by atoms with Gasteiger partial charge in [0, 0.05) is 29.7 Å². The Hall–Kier alpha value is -2.70. The molecule has 6 atom stereocenters. The lowest BCUT2D eigenvalue weighted by Crippen LogP contribution is -2.74. The summed E-state index contributed by atoms with van der Waals surface area (Å²) in [7, 11) is 2.04. The summed E-state index contributed by atoms with van der Waals surface area (Å²) in [5, 5.41) is 33.2. The Morgan fingerprint density at radius 2 is 1.89 bits per heavy atom. The standard InChI is InChI=1S/C27H31N3O5/c1-12-6-16-7-17-19(9-28)30-18(23(29(17)5)21(16)14(3)13(12)2)8-27(33)22(20(30)10-31)25-24(34-11-35-25)15(4)26(27)32/h6,17-20,23,31,33H,7-8,10-11H2,1-5H3/t17-,18?,19-,20-,23-,27+/m0/s1. The topological polar surface area (TPSA) is 106 Å². The van der Waals surface area contributed by atoms with Crippen LogP contribution in [-0.2, 0) is 20.7 Å². The second-order valence-corrected chi connectivity index (χ2v) is 10.7. The predicted octanol–water partition coefficient (Wildman–Crippen LogP) is 1.70. The van der Waals surface area contributed by atoms with Crippen LogP contribution < -0.4 is 0 Å². The second-order valence-electron chi connectivity index (χ2n) is 10.7. The van der Waals surface area contributed by atoms with E-state index in [4.69, 9.17) is 9.47 Å². The normalized spacial score (nSPS) is 36.1. The van der Waals surface area contributed by atoms with Gasteiger partial charge in [0.1, 0.15) is 6.04 Å². The number of nitrogens with zero attached hydrogens (tertiary/aromatic N) is 3. The second kappa shape index (κ2) is 7.40. The molecule has 2 bridgehead atoms. The Bertz CT molecular complexity index is 1280. The minimum atomic E-state index is -1.83. The van der Waals surface area contributed by atoms with Crippen molar-refractivity contribution >= 4 is 5.78 Å². The lowest BCUT2D eigenvalue weighted by atomic mass is 9.64. The average Bonchev–Trinajstić information content (AvgIpc) is 3.31. The van der Waals surface area contributed by atoms with Gasteiger partial charge >= 0.3 is 0 Å². The summed E-state index contributed by atoms with van der Waals surface area (Å²) >= 11 is 0. The molecule has 0 saturated carbocycles. The Labute approximate surface area is 205 Å². The van der Waals surface area contributed by atoms with Crippen LogP contribution in [-0.4, -0.2) is 76.0 Å². The van der Waals surface area contributed by atoms with Crippen molar-refractivity contribution in [2.75, 3.05) is 20.4 Å². The number of fused-ring (bicyclic) bond motifs is 8. The fourth-order valence-electron chi connectivity index (χ4n) is 7.45. The van der Waals surface area contributed by atoms with Gasteiger partial charge in [-0.25, -0.2) is 0 Å². The molecule has 0 aromatic heterocycles. The monoisotopic (exact) mass is 477 g/mol. The quantitative estimate of drug-likeness (QED) is 0.630. The van der Waals surface area contributed by atoms with Gasteiger partial charge in [0.15, 0.2) is 22.9 Å². The summed E-state index contributed by atoms with van der Waals surface area (Å²) in [6.07, 6.45) is 0.837. The molecule has 1 unspecified atom stereocenters. The molecule has 3 fully saturated rings. The van der Waals surface area contributed by atoms with Crippen molar-refractivity contribution in [3.05, 3.63) is 56.5 Å². The van der Waals surface area contributed by atoms with Crippen LogP contribution >= 0.6 is 0 Å². The summed E-state index contributed by atoms with van der Waals surface area (Å²) in [6.45, 7) is 7.64. The van der Waals surface area contributed by atoms with Crippen LogP contribution in [0, 0.1) is 32.1 Å². The smallest absolute Gasteiger partial charge is 0.231 e. The van der Waals surface area contributed by atoms with Gasteiger partial charge in [0.05, 0.1) is 24.8 Å². The molecule has 0 radical (unpaired) electrons. The number of aryl methyl sites for hydroxylation is 1. The first-order valence-corrected chi connectivity index (χ1v) is 12.2. The Kier molecular flexibility index (Phi) is 4.81. The first kappa shape index (κ1) is 22.7. The lowest BCUT2D eigenvalue weighted by molar-refractivity contribution is -0.150. The van der Waals surface area contributed by atoms with Crippen molar-refractivity contribution < 1.29 is 24.5 Å². The molecule has 0 amide bonds. The number of nitriles is 1. The third kappa shape index (κ3) is 2.67. The summed E-state index contributed by atoms with van der Waals surface area (Å²) in [5.41, 5.74) is 4.95. The SMILES string of the molecule is CC1=C2OCOC2=C2[C@H](CO)N3C(C[C@]2(O)C1=O)[C@H]1c2c(cc(C)c(C)c2C)C[C@@H]([C@@H]3C#N)N1C. The van der Waals surface area contributed by atoms with E-state index in [-0.39, 0.29) is 37.9 Å². The number of benzene rings is 1. The fraction of sp³-hybridized carbons (Fsp3) is 0.556. The summed E-state index contributed by atoms with van der Waals surface area (Å²) in [5.74, 6) is 0.258. The van der Waals surface area contributed by atoms with E-state index in [9.17, 15) is 20.3 Å². The summed E-state index contributed by atoms with van der Waals surface area (Å²) in [6, 6.07) is 2.91. The van der Waals surface area contributed by atoms with E-state index in [0.29, 0.717) is 22.7 Å². The highest BCUT2D eigenvalue weighted by atomic mass is 16.7. The van der Waals surface area contributed by atoms with E-state index in [0.717, 1.165) is 6.42 Å². The number of ether oxygens (including phenoxy) is 2. The van der Waals surface area contributed by atoms with E-state index >= 15 is 0 Å². The molecule has 1 aromatic rings. The van der Waals surface area contributed by atoms with Crippen molar-refractivity contribution in [3.63, 3.8) is 0 Å². The highest BCUT2D eigenvalue weighted by Gasteiger charge is 2.64. The zero-order valence-corrected chi connectivity index (χ0v) is 20.8. The van der Waals surface area contributed by atoms with Gasteiger partial charge in [-0.05, 0) is 69.0 Å². The van der Waals surface area contributed by atoms with Crippen LogP contribution in [0.2, 0.25) is 0 Å². The highest BCUT2D eigenvalue weighted by Crippen LogP contribution is 2.54. The maximum atomic E-state index is 13.6. The maximum absolute atomic E-state index is 13.6. The molecule has 1 aliphatic carbocycles. The van der Waals surface area contributed by atoms with Crippen LogP contribution in [0.3, 0.4) is 0 Å². The first-order chi connectivity index (χ1) is 16.7. The summed E-state index contributed by atoms with van der Waals surface area (Å²) in [4.78, 5) is 17.9. The van der Waals surface area contributed by atoms with Crippen molar-refractivity contribution in [2.24, 2.45) is 0 Å². The van der Waals surface area contributed by atoms with Gasteiger partial charge in [-0.3, -0.25) is 14.6 Å². The lowest BCUT2D eigenvalue weighted by Gasteiger charge is -2.62. The van der Waals surface area contributed by atoms with Crippen molar-refractivity contribution in [2.45, 2.75) is 76.3 Å². The molecular weight excluding hydrogens is 446 g/mol. The molecule has 6 rings (SSSR count). The van der Waals surface area contributed by atoms with Gasteiger partial charge < -0.3 is 19.7 Å². The van der Waals surface area contributed by atoms with Gasteiger partial charge in [-0.2, -0.15) is 5.26 Å². The molecular formula is C27H31N3O5. The van der Waals surface area contributed by atoms with Gasteiger partial charge in [-0.1, -0.05) is 6.07 Å². The average molecular weight is 478 g/mol. The number of hydrogen-bond donors (Lipinski definition) is 2. The number of likely N-dealkylation sites (N-methyl/N-ethyl adjacent to an activating group) is 1. The van der Waals surface area contributed by atoms with E-state index in [1.165, 1.54) is 27.8 Å². The molecule has 2 N–H and O–H groups in total. The number of ketones is 1. The fourth-order valence-corrected chi connectivity index (χ4v) is 7.45. The molecule has 0 spiro atoms. The molecule has 4 heterocycles. The van der Waals surface area contributed by atoms with Crippen LogP contribution in [0.1, 0.15) is 47.2 Å². The van der Waals surface area contributed by atoms with Crippen LogP contribution in [0.5, 0.6) is 0 Å². The molecule has 5 aliphatic rings. The number of rotatable bonds is 1. The Morgan fingerprint density at radius 1 is 1.17 bits per heavy atom. The van der Waals surface area contributed by atoms with E-state index in [1.807, 2.05) is 7.05 Å². The number of carbonyl (C=O) groups is 1. The molecule has 4 aliphatic heterocycles. The first-order valence-electron chi connectivity index (χ1n) is 12.2. The van der Waals surface area contributed by atoms with Gasteiger partial charge in [0.2, 0.25) is 6.79 Å². The number of carbonyl (C=O) groups excluding carboxylic acids is 1. The Morgan fingerprint density at radius 3 is 2.57 bits per heavy atom. The highest BCUT2D eigenvalue weighted by molar-refractivity contribution is 6.06. The van der Waals surface area contributed by atoms with E-state index < -0.39 is 23.5 Å². The third-order valence-electron chi connectivity index (χ3n) is 9.28. The zero-order chi connectivity index (χ0) is 25.0. The molecule has 35 heavy (non-hydrogen) atoms. The Balaban J connectivity index is 1.60. The van der Waals surface area contributed by atoms with Crippen molar-refractivity contribution in [1.82, 2.24) is 9.80 Å². The van der Waals surface area contributed by atoms with Gasteiger partial charge in [-0.15, -0.1) is 0 Å². The minimum Gasteiger partial charge on any atom is -0.453 e. The largest absolute Gasteiger partial charge is 0.453 e. The molecule has 8 heteroatoms. The van der Waals surface area contributed by atoms with Crippen LogP contribution in [0.15, 0.2) is 28.7 Å². The van der Waals surface area contributed by atoms with E-state index in [2.05, 4.69) is 42.7 Å². The predicted molar refractivity (Wildman–Crippen MR) is 126 cm³/mol. The van der Waals surface area contributed by atoms with Gasteiger partial charge in [0.25, 0.3) is 0 Å². The maximum Gasteiger partial charge on any atom is 0.231 e. The molecule has 184 valence electrons. The molecule has 8 nitrogen and oxygen atoms in total. The zero-order valence-electron chi connectivity index (χ0n) is 20.8. The number of hydrogen-bond acceptors (Lipinski definition) is 8. The number of piperazine rings is 1. The molecule has 3 saturated heterocycles. The van der Waals surface area contributed by atoms with E-state index in [1.54, 1.807) is 6.92 Å². The minimum absolute atomic E-state index is 0.0443. The summed E-state index contributed by atoms with van der Waals surface area (Å²) < 4.78 is 11.4. The van der Waals surface area contributed by atoms with Crippen LogP contribution in [0.4, 0.5) is 0 Å². The van der Waals surface area contributed by atoms with Crippen molar-refractivity contribution in [1.29, 1.82) is 5.26 Å².